The van der Waals surface area contributed by atoms with Gasteiger partial charge in [-0.1, -0.05) is 11.6 Å². The average Bonchev–Trinajstić information content (AvgIpc) is 3.18. The van der Waals surface area contributed by atoms with Crippen LogP contribution in [0, 0.1) is 5.92 Å². The number of hydrogen-bond acceptors (Lipinski definition) is 2. The van der Waals surface area contributed by atoms with Crippen LogP contribution in [-0.2, 0) is 11.0 Å². The fraction of sp³-hybridized carbons (Fsp3) is 0.462. The molecule has 1 fully saturated rings. The third kappa shape index (κ3) is 4.30. The third-order valence-electron chi connectivity index (χ3n) is 3.01. The molecule has 1 saturated carbocycles. The van der Waals surface area contributed by atoms with Crippen LogP contribution in [0.3, 0.4) is 0 Å². The standard InChI is InChI=1S/C13H14ClF3N2O/c14-11-4-3-9(5-10(11)13(15,16)17)18-7-12(20)19-6-8-1-2-8/h3-5,8,18H,1-2,6-7H2,(H,19,20). The van der Waals surface area contributed by atoms with Gasteiger partial charge in [0.2, 0.25) is 5.91 Å². The summed E-state index contributed by atoms with van der Waals surface area (Å²) >= 11 is 5.51. The van der Waals surface area contributed by atoms with E-state index >= 15 is 0 Å². The number of alkyl halides is 3. The number of amides is 1. The molecule has 110 valence electrons. The Hall–Kier alpha value is -1.43. The van der Waals surface area contributed by atoms with Crippen molar-refractivity contribution in [1.82, 2.24) is 5.32 Å². The van der Waals surface area contributed by atoms with Gasteiger partial charge in [-0.3, -0.25) is 4.79 Å². The van der Waals surface area contributed by atoms with E-state index in [0.717, 1.165) is 25.0 Å². The summed E-state index contributed by atoms with van der Waals surface area (Å²) in [4.78, 5) is 11.5. The van der Waals surface area contributed by atoms with E-state index in [1.165, 1.54) is 6.07 Å². The first-order valence-electron chi connectivity index (χ1n) is 6.23. The van der Waals surface area contributed by atoms with Crippen molar-refractivity contribution in [2.45, 2.75) is 19.0 Å². The predicted molar refractivity (Wildman–Crippen MR) is 70.7 cm³/mol. The Kier molecular flexibility index (Phi) is 4.42. The van der Waals surface area contributed by atoms with Crippen molar-refractivity contribution in [1.29, 1.82) is 0 Å². The van der Waals surface area contributed by atoms with E-state index in [1.807, 2.05) is 0 Å². The lowest BCUT2D eigenvalue weighted by Crippen LogP contribution is -2.31. The van der Waals surface area contributed by atoms with Crippen LogP contribution in [-0.4, -0.2) is 19.0 Å². The Bertz CT molecular complexity index is 501. The van der Waals surface area contributed by atoms with Crippen molar-refractivity contribution in [3.8, 4) is 0 Å². The normalized spacial score (nSPS) is 15.0. The molecule has 20 heavy (non-hydrogen) atoms. The Balaban J connectivity index is 1.90. The number of rotatable bonds is 5. The number of halogens is 4. The maximum atomic E-state index is 12.7. The molecule has 3 nitrogen and oxygen atoms in total. The smallest absolute Gasteiger partial charge is 0.376 e. The molecule has 0 spiro atoms. The molecular formula is C13H14ClF3N2O. The summed E-state index contributed by atoms with van der Waals surface area (Å²) in [5.41, 5.74) is -0.703. The molecular weight excluding hydrogens is 293 g/mol. The zero-order valence-corrected chi connectivity index (χ0v) is 11.3. The minimum absolute atomic E-state index is 0.0638. The van der Waals surface area contributed by atoms with Gasteiger partial charge in [0.25, 0.3) is 0 Å². The summed E-state index contributed by atoms with van der Waals surface area (Å²) in [6, 6.07) is 3.47. The Morgan fingerprint density at radius 3 is 2.65 bits per heavy atom. The van der Waals surface area contributed by atoms with E-state index < -0.39 is 11.7 Å². The fourth-order valence-electron chi connectivity index (χ4n) is 1.68. The quantitative estimate of drug-likeness (QED) is 0.876. The van der Waals surface area contributed by atoms with Crippen LogP contribution in [0.15, 0.2) is 18.2 Å². The predicted octanol–water partition coefficient (Wildman–Crippen LogP) is 3.30. The lowest BCUT2D eigenvalue weighted by atomic mass is 10.2. The molecule has 0 heterocycles. The van der Waals surface area contributed by atoms with Gasteiger partial charge in [-0.25, -0.2) is 0 Å². The molecule has 0 atom stereocenters. The van der Waals surface area contributed by atoms with E-state index in [1.54, 1.807) is 0 Å². The van der Waals surface area contributed by atoms with Crippen LogP contribution in [0.25, 0.3) is 0 Å². The Labute approximate surface area is 119 Å². The summed E-state index contributed by atoms with van der Waals surface area (Å²) in [5.74, 6) is 0.326. The molecule has 2 rings (SSSR count). The molecule has 0 saturated heterocycles. The van der Waals surface area contributed by atoms with Gasteiger partial charge in [-0.2, -0.15) is 13.2 Å². The monoisotopic (exact) mass is 306 g/mol. The number of carbonyl (C=O) groups is 1. The minimum atomic E-state index is -4.51. The molecule has 0 aromatic heterocycles. The molecule has 1 aromatic rings. The van der Waals surface area contributed by atoms with Gasteiger partial charge < -0.3 is 10.6 Å². The first-order chi connectivity index (χ1) is 9.36. The Morgan fingerprint density at radius 2 is 2.05 bits per heavy atom. The van der Waals surface area contributed by atoms with Crippen molar-refractivity contribution >= 4 is 23.2 Å². The molecule has 1 amide bonds. The molecule has 1 aliphatic carbocycles. The molecule has 2 N–H and O–H groups in total. The Morgan fingerprint density at radius 1 is 1.35 bits per heavy atom. The molecule has 0 aliphatic heterocycles. The summed E-state index contributed by atoms with van der Waals surface area (Å²) in [6.07, 6.45) is -2.26. The number of nitrogens with one attached hydrogen (secondary N) is 2. The first kappa shape index (κ1) is 15.0. The molecule has 0 bridgehead atoms. The van der Waals surface area contributed by atoms with Crippen LogP contribution in [0.2, 0.25) is 5.02 Å². The van der Waals surface area contributed by atoms with Gasteiger partial charge in [0.05, 0.1) is 17.1 Å². The van der Waals surface area contributed by atoms with Crippen molar-refractivity contribution < 1.29 is 18.0 Å². The van der Waals surface area contributed by atoms with E-state index in [-0.39, 0.29) is 23.2 Å². The maximum absolute atomic E-state index is 12.7. The van der Waals surface area contributed by atoms with Crippen LogP contribution in [0.5, 0.6) is 0 Å². The molecule has 1 aliphatic rings. The highest BCUT2D eigenvalue weighted by Crippen LogP contribution is 2.36. The second kappa shape index (κ2) is 5.91. The zero-order valence-electron chi connectivity index (χ0n) is 10.6. The van der Waals surface area contributed by atoms with E-state index in [4.69, 9.17) is 11.6 Å². The van der Waals surface area contributed by atoms with Crippen LogP contribution < -0.4 is 10.6 Å². The second-order valence-corrected chi connectivity index (χ2v) is 5.20. The van der Waals surface area contributed by atoms with Gasteiger partial charge in [0.1, 0.15) is 0 Å². The van der Waals surface area contributed by atoms with Crippen molar-refractivity contribution in [2.24, 2.45) is 5.92 Å². The third-order valence-corrected chi connectivity index (χ3v) is 3.34. The van der Waals surface area contributed by atoms with Gasteiger partial charge in [-0.05, 0) is 37.0 Å². The number of benzene rings is 1. The SMILES string of the molecule is O=C(CNc1ccc(Cl)c(C(F)(F)F)c1)NCC1CC1. The average molecular weight is 307 g/mol. The molecule has 1 aromatic carbocycles. The van der Waals surface area contributed by atoms with Gasteiger partial charge in [-0.15, -0.1) is 0 Å². The van der Waals surface area contributed by atoms with Crippen LogP contribution in [0.4, 0.5) is 18.9 Å². The number of carbonyl (C=O) groups excluding carboxylic acids is 1. The lowest BCUT2D eigenvalue weighted by Gasteiger charge is -2.12. The summed E-state index contributed by atoms with van der Waals surface area (Å²) in [5, 5.41) is 5.02. The van der Waals surface area contributed by atoms with E-state index in [0.29, 0.717) is 12.5 Å². The topological polar surface area (TPSA) is 41.1 Å². The fourth-order valence-corrected chi connectivity index (χ4v) is 1.90. The maximum Gasteiger partial charge on any atom is 0.417 e. The molecule has 0 radical (unpaired) electrons. The van der Waals surface area contributed by atoms with Gasteiger partial charge >= 0.3 is 6.18 Å². The second-order valence-electron chi connectivity index (χ2n) is 4.79. The van der Waals surface area contributed by atoms with Crippen molar-refractivity contribution in [3.05, 3.63) is 28.8 Å². The highest BCUT2D eigenvalue weighted by Gasteiger charge is 2.33. The minimum Gasteiger partial charge on any atom is -0.376 e. The molecule has 0 unspecified atom stereocenters. The molecule has 7 heteroatoms. The van der Waals surface area contributed by atoms with Gasteiger partial charge in [0.15, 0.2) is 0 Å². The van der Waals surface area contributed by atoms with E-state index in [9.17, 15) is 18.0 Å². The first-order valence-corrected chi connectivity index (χ1v) is 6.61. The van der Waals surface area contributed by atoms with Crippen molar-refractivity contribution in [3.63, 3.8) is 0 Å². The number of hydrogen-bond donors (Lipinski definition) is 2. The summed E-state index contributed by atoms with van der Waals surface area (Å²) in [7, 11) is 0. The largest absolute Gasteiger partial charge is 0.417 e. The highest BCUT2D eigenvalue weighted by atomic mass is 35.5. The van der Waals surface area contributed by atoms with E-state index in [2.05, 4.69) is 10.6 Å². The summed E-state index contributed by atoms with van der Waals surface area (Å²) < 4.78 is 38.0. The highest BCUT2D eigenvalue weighted by molar-refractivity contribution is 6.31. The lowest BCUT2D eigenvalue weighted by molar-refractivity contribution is -0.137. The van der Waals surface area contributed by atoms with Gasteiger partial charge in [0, 0.05) is 12.2 Å². The zero-order chi connectivity index (χ0) is 14.8. The number of anilines is 1. The summed E-state index contributed by atoms with van der Waals surface area (Å²) in [6.45, 7) is 0.570. The van der Waals surface area contributed by atoms with Crippen LogP contribution in [0.1, 0.15) is 18.4 Å². The van der Waals surface area contributed by atoms with Crippen LogP contribution >= 0.6 is 11.6 Å². The van der Waals surface area contributed by atoms with Crippen molar-refractivity contribution in [2.75, 3.05) is 18.4 Å².